The lowest BCUT2D eigenvalue weighted by Crippen LogP contribution is -2.02. The van der Waals surface area contributed by atoms with Gasteiger partial charge in [0.05, 0.1) is 17.9 Å². The zero-order valence-electron chi connectivity index (χ0n) is 21.3. The Balaban J connectivity index is 0.000000861. The summed E-state index contributed by atoms with van der Waals surface area (Å²) in [5.41, 5.74) is 12.3. The number of nitrogens with two attached hydrogens (primary N) is 1. The van der Waals surface area contributed by atoms with E-state index in [2.05, 4.69) is 4.98 Å². The molecule has 6 nitrogen and oxygen atoms in total. The van der Waals surface area contributed by atoms with Crippen molar-refractivity contribution < 1.29 is 9.50 Å². The predicted molar refractivity (Wildman–Crippen MR) is 145 cm³/mol. The molecule has 2 aromatic carbocycles. The van der Waals surface area contributed by atoms with Gasteiger partial charge in [0, 0.05) is 17.4 Å². The summed E-state index contributed by atoms with van der Waals surface area (Å²) < 4.78 is 15.4. The molecule has 7 heteroatoms. The van der Waals surface area contributed by atoms with Gasteiger partial charge in [-0.3, -0.25) is 4.57 Å². The van der Waals surface area contributed by atoms with Gasteiger partial charge in [0.15, 0.2) is 11.5 Å². The summed E-state index contributed by atoms with van der Waals surface area (Å²) in [4.78, 5) is 14.0. The molecule has 3 N–H and O–H groups in total. The van der Waals surface area contributed by atoms with Crippen LogP contribution in [0.4, 0.5) is 10.2 Å². The van der Waals surface area contributed by atoms with Gasteiger partial charge < -0.3 is 10.8 Å². The molecule has 0 saturated heterocycles. The van der Waals surface area contributed by atoms with Crippen molar-refractivity contribution >= 4 is 17.0 Å². The number of aliphatic hydroxyl groups excluding tert-OH is 1. The van der Waals surface area contributed by atoms with Gasteiger partial charge in [0.1, 0.15) is 17.2 Å². The van der Waals surface area contributed by atoms with Gasteiger partial charge in [-0.1, -0.05) is 39.8 Å². The van der Waals surface area contributed by atoms with Gasteiger partial charge in [-0.2, -0.15) is 0 Å². The lowest BCUT2D eigenvalue weighted by atomic mass is 10.1. The molecule has 0 atom stereocenters. The molecule has 3 aromatic heterocycles. The molecule has 0 spiro atoms. The minimum absolute atomic E-state index is 0.0421. The molecule has 5 rings (SSSR count). The largest absolute Gasteiger partial charge is 0.392 e. The van der Waals surface area contributed by atoms with E-state index >= 15 is 0 Å². The average molecular weight is 486 g/mol. The van der Waals surface area contributed by atoms with E-state index < -0.39 is 0 Å². The molecule has 0 bridgehead atoms. The quantitative estimate of drug-likeness (QED) is 0.295. The zero-order valence-corrected chi connectivity index (χ0v) is 21.3. The number of hydrogen-bond acceptors (Lipinski definition) is 5. The highest BCUT2D eigenvalue weighted by atomic mass is 19.1. The van der Waals surface area contributed by atoms with Crippen LogP contribution >= 0.6 is 0 Å². The van der Waals surface area contributed by atoms with Crippen LogP contribution in [0.3, 0.4) is 0 Å². The number of halogens is 1. The van der Waals surface area contributed by atoms with E-state index in [9.17, 15) is 9.50 Å². The molecule has 0 aliphatic heterocycles. The number of aliphatic hydroxyl groups is 1. The van der Waals surface area contributed by atoms with Crippen molar-refractivity contribution in [3.63, 3.8) is 0 Å². The maximum atomic E-state index is 13.5. The first-order valence-corrected chi connectivity index (χ1v) is 12.1. The predicted octanol–water partition coefficient (Wildman–Crippen LogP) is 6.72. The van der Waals surface area contributed by atoms with Crippen LogP contribution in [0.15, 0.2) is 72.9 Å². The van der Waals surface area contributed by atoms with Gasteiger partial charge >= 0.3 is 0 Å². The molecule has 0 aliphatic rings. The van der Waals surface area contributed by atoms with E-state index in [1.54, 1.807) is 18.3 Å². The first kappa shape index (κ1) is 26.5. The van der Waals surface area contributed by atoms with Crippen LogP contribution in [0.1, 0.15) is 38.8 Å². The second kappa shape index (κ2) is 12.0. The van der Waals surface area contributed by atoms with Crippen LogP contribution < -0.4 is 5.73 Å². The fourth-order valence-corrected chi connectivity index (χ4v) is 3.78. The van der Waals surface area contributed by atoms with Gasteiger partial charge in [0.2, 0.25) is 0 Å². The van der Waals surface area contributed by atoms with Crippen LogP contribution in [0.2, 0.25) is 0 Å². The normalized spacial score (nSPS) is 10.3. The van der Waals surface area contributed by atoms with Crippen molar-refractivity contribution in [3.05, 3.63) is 89.9 Å². The highest BCUT2D eigenvalue weighted by Crippen LogP contribution is 2.33. The molecule has 186 valence electrons. The Morgan fingerprint density at radius 1 is 0.917 bits per heavy atom. The van der Waals surface area contributed by atoms with Crippen LogP contribution in [0.5, 0.6) is 0 Å². The van der Waals surface area contributed by atoms with Gasteiger partial charge in [-0.05, 0) is 72.6 Å². The molecule has 0 saturated carbocycles. The maximum Gasteiger partial charge on any atom is 0.165 e. The lowest BCUT2D eigenvalue weighted by molar-refractivity contribution is 0.282. The van der Waals surface area contributed by atoms with Crippen molar-refractivity contribution in [2.75, 3.05) is 5.73 Å². The van der Waals surface area contributed by atoms with E-state index in [1.165, 1.54) is 12.1 Å². The van der Waals surface area contributed by atoms with Crippen molar-refractivity contribution in [1.82, 2.24) is 19.5 Å². The molecule has 0 aliphatic carbocycles. The average Bonchev–Trinajstić information content (AvgIpc) is 3.29. The molecule has 0 amide bonds. The maximum absolute atomic E-state index is 13.5. The number of fused-ring (bicyclic) bond motifs is 1. The Morgan fingerprint density at radius 3 is 2.19 bits per heavy atom. The Labute approximate surface area is 211 Å². The van der Waals surface area contributed by atoms with Gasteiger partial charge in [-0.25, -0.2) is 19.3 Å². The number of aromatic nitrogens is 4. The van der Waals surface area contributed by atoms with Gasteiger partial charge in [0.25, 0.3) is 0 Å². The third kappa shape index (κ3) is 5.26. The molecular formula is C29H32FN5O. The number of aryl methyl sites for hydroxylation is 1. The van der Waals surface area contributed by atoms with Crippen molar-refractivity contribution in [2.24, 2.45) is 0 Å². The van der Waals surface area contributed by atoms with Crippen LogP contribution in [0.25, 0.3) is 39.5 Å². The molecule has 0 fully saturated rings. The molecular weight excluding hydrogens is 453 g/mol. The number of pyridine rings is 2. The van der Waals surface area contributed by atoms with Gasteiger partial charge in [-0.15, -0.1) is 0 Å². The smallest absolute Gasteiger partial charge is 0.165 e. The number of benzene rings is 2. The molecule has 3 heterocycles. The van der Waals surface area contributed by atoms with E-state index in [4.69, 9.17) is 15.7 Å². The standard InChI is InChI=1S/C25H20FN5O.2C2H6/c1-15-13-21-25(30-22(15)17-6-8-18(26)9-7-17)31(19-10-4-16(14-32)5-11-19)24(29-21)20-3-2-12-28-23(20)27;2*1-2/h2-13,32H,14H2,1H3,(H2,27,28);2*1-2H3. The van der Waals surface area contributed by atoms with Crippen molar-refractivity contribution in [2.45, 2.75) is 41.2 Å². The summed E-state index contributed by atoms with van der Waals surface area (Å²) in [6.45, 7) is 9.91. The summed E-state index contributed by atoms with van der Waals surface area (Å²) in [7, 11) is 0. The fourth-order valence-electron chi connectivity index (χ4n) is 3.78. The monoisotopic (exact) mass is 485 g/mol. The third-order valence-electron chi connectivity index (χ3n) is 5.40. The molecule has 36 heavy (non-hydrogen) atoms. The minimum Gasteiger partial charge on any atom is -0.392 e. The number of nitrogen functional groups attached to an aromatic ring is 1. The third-order valence-corrected chi connectivity index (χ3v) is 5.40. The van der Waals surface area contributed by atoms with E-state index in [0.717, 1.165) is 28.1 Å². The zero-order chi connectivity index (χ0) is 26.2. The summed E-state index contributed by atoms with van der Waals surface area (Å²) >= 11 is 0. The van der Waals surface area contributed by atoms with Crippen LogP contribution in [0, 0.1) is 12.7 Å². The second-order valence-corrected chi connectivity index (χ2v) is 7.54. The Morgan fingerprint density at radius 2 is 1.58 bits per heavy atom. The molecule has 0 radical (unpaired) electrons. The van der Waals surface area contributed by atoms with Crippen LogP contribution in [-0.2, 0) is 6.61 Å². The fraction of sp³-hybridized carbons (Fsp3) is 0.207. The molecule has 0 unspecified atom stereocenters. The van der Waals surface area contributed by atoms with Crippen LogP contribution in [-0.4, -0.2) is 24.6 Å². The second-order valence-electron chi connectivity index (χ2n) is 7.54. The Hall–Kier alpha value is -4.10. The highest BCUT2D eigenvalue weighted by molar-refractivity contribution is 5.85. The number of nitrogens with zero attached hydrogens (tertiary/aromatic N) is 4. The molecule has 5 aromatic rings. The SMILES string of the molecule is CC.CC.Cc1cc2nc(-c3cccnc3N)n(-c3ccc(CO)cc3)c2nc1-c1ccc(F)cc1. The minimum atomic E-state index is -0.296. The summed E-state index contributed by atoms with van der Waals surface area (Å²) in [5.74, 6) is 0.688. The topological polar surface area (TPSA) is 89.8 Å². The Kier molecular flexibility index (Phi) is 8.86. The Bertz CT molecular complexity index is 1430. The van der Waals surface area contributed by atoms with E-state index in [0.29, 0.717) is 28.4 Å². The highest BCUT2D eigenvalue weighted by Gasteiger charge is 2.19. The summed E-state index contributed by atoms with van der Waals surface area (Å²) in [6, 6.07) is 19.4. The van der Waals surface area contributed by atoms with E-state index in [-0.39, 0.29) is 12.4 Å². The lowest BCUT2D eigenvalue weighted by Gasteiger charge is -2.12. The first-order valence-electron chi connectivity index (χ1n) is 12.1. The van der Waals surface area contributed by atoms with Crippen molar-refractivity contribution in [3.8, 4) is 28.3 Å². The number of rotatable bonds is 4. The summed E-state index contributed by atoms with van der Waals surface area (Å²) in [5, 5.41) is 9.43. The first-order chi connectivity index (χ1) is 17.5. The van der Waals surface area contributed by atoms with Crippen molar-refractivity contribution in [1.29, 1.82) is 0 Å². The number of hydrogen-bond donors (Lipinski definition) is 2. The summed E-state index contributed by atoms with van der Waals surface area (Å²) in [6.07, 6.45) is 1.64. The number of imidazole rings is 1. The number of anilines is 1. The van der Waals surface area contributed by atoms with E-state index in [1.807, 2.05) is 81.7 Å².